The predicted octanol–water partition coefficient (Wildman–Crippen LogP) is 8.46. The molecule has 0 aliphatic heterocycles. The van der Waals surface area contributed by atoms with E-state index in [1.54, 1.807) is 6.07 Å². The number of fused-ring (bicyclic) bond motifs is 3. The van der Waals surface area contributed by atoms with Gasteiger partial charge in [0.15, 0.2) is 0 Å². The van der Waals surface area contributed by atoms with E-state index in [0.29, 0.717) is 10.8 Å². The highest BCUT2D eigenvalue weighted by atomic mass is 79.9. The molecule has 0 aliphatic carbocycles. The molecule has 0 amide bonds. The molecule has 136 valence electrons. The molecule has 0 N–H and O–H groups in total. The van der Waals surface area contributed by atoms with Gasteiger partial charge in [-0.25, -0.2) is 0 Å². The third kappa shape index (κ3) is 2.97. The minimum absolute atomic E-state index is 0.620. The van der Waals surface area contributed by atoms with Crippen LogP contribution in [0.1, 0.15) is 0 Å². The van der Waals surface area contributed by atoms with E-state index in [4.69, 9.17) is 20.8 Å². The molecule has 2 nitrogen and oxygen atoms in total. The van der Waals surface area contributed by atoms with Crippen LogP contribution in [0.2, 0.25) is 5.02 Å². The van der Waals surface area contributed by atoms with Crippen LogP contribution in [0.4, 0.5) is 0 Å². The average molecular weight is 450 g/mol. The van der Waals surface area contributed by atoms with Crippen LogP contribution in [0.25, 0.3) is 33.1 Å². The van der Waals surface area contributed by atoms with Crippen LogP contribution in [0, 0.1) is 0 Å². The molecular weight excluding hydrogens is 436 g/mol. The molecule has 0 saturated carbocycles. The summed E-state index contributed by atoms with van der Waals surface area (Å²) in [6.45, 7) is 0. The van der Waals surface area contributed by atoms with Gasteiger partial charge in [0.2, 0.25) is 0 Å². The van der Waals surface area contributed by atoms with Crippen LogP contribution < -0.4 is 4.74 Å². The van der Waals surface area contributed by atoms with Crippen molar-refractivity contribution in [1.29, 1.82) is 0 Å². The second kappa shape index (κ2) is 7.01. The molecule has 0 atom stereocenters. The van der Waals surface area contributed by atoms with Gasteiger partial charge in [-0.3, -0.25) is 0 Å². The fraction of sp³-hybridized carbons (Fsp3) is 0. The normalized spacial score (nSPS) is 11.2. The maximum atomic E-state index is 6.33. The van der Waals surface area contributed by atoms with Crippen molar-refractivity contribution < 1.29 is 9.15 Å². The summed E-state index contributed by atoms with van der Waals surface area (Å²) < 4.78 is 13.2. The molecule has 0 radical (unpaired) electrons. The van der Waals surface area contributed by atoms with Crippen molar-refractivity contribution in [2.75, 3.05) is 0 Å². The van der Waals surface area contributed by atoms with Gasteiger partial charge >= 0.3 is 0 Å². The standard InChI is InChI=1S/C24H14BrClO2/c25-18-11-10-16(26)14-22(18)28-20-12-13-21-24(17-8-4-5-9-19(17)27-21)23(20)15-6-2-1-3-7-15/h1-14H. The van der Waals surface area contributed by atoms with Gasteiger partial charge in [0.25, 0.3) is 0 Å². The summed E-state index contributed by atoms with van der Waals surface area (Å²) in [6.07, 6.45) is 0. The van der Waals surface area contributed by atoms with E-state index in [1.807, 2.05) is 60.7 Å². The first-order valence-corrected chi connectivity index (χ1v) is 10.0. The topological polar surface area (TPSA) is 22.4 Å². The van der Waals surface area contributed by atoms with Crippen molar-refractivity contribution in [3.63, 3.8) is 0 Å². The Labute approximate surface area is 175 Å². The first-order chi connectivity index (χ1) is 13.7. The lowest BCUT2D eigenvalue weighted by Crippen LogP contribution is -1.90. The number of benzene rings is 4. The first kappa shape index (κ1) is 17.4. The predicted molar refractivity (Wildman–Crippen MR) is 118 cm³/mol. The zero-order valence-electron chi connectivity index (χ0n) is 14.7. The molecule has 1 heterocycles. The Morgan fingerprint density at radius 2 is 1.54 bits per heavy atom. The molecule has 28 heavy (non-hydrogen) atoms. The summed E-state index contributed by atoms with van der Waals surface area (Å²) in [5.41, 5.74) is 3.75. The highest BCUT2D eigenvalue weighted by Crippen LogP contribution is 2.44. The van der Waals surface area contributed by atoms with Crippen molar-refractivity contribution in [1.82, 2.24) is 0 Å². The zero-order valence-corrected chi connectivity index (χ0v) is 17.0. The minimum Gasteiger partial charge on any atom is -0.456 e. The van der Waals surface area contributed by atoms with Crippen molar-refractivity contribution in [2.24, 2.45) is 0 Å². The second-order valence-electron chi connectivity index (χ2n) is 6.45. The fourth-order valence-corrected chi connectivity index (χ4v) is 3.94. The highest BCUT2D eigenvalue weighted by Gasteiger charge is 2.18. The van der Waals surface area contributed by atoms with E-state index in [9.17, 15) is 0 Å². The summed E-state index contributed by atoms with van der Waals surface area (Å²) in [5.74, 6) is 1.41. The number of halogens is 2. The third-order valence-corrected chi connectivity index (χ3v) is 5.57. The zero-order chi connectivity index (χ0) is 19.1. The van der Waals surface area contributed by atoms with Gasteiger partial charge in [-0.1, -0.05) is 60.1 Å². The quantitative estimate of drug-likeness (QED) is 0.275. The average Bonchev–Trinajstić information content (AvgIpc) is 3.10. The summed E-state index contributed by atoms with van der Waals surface area (Å²) in [5, 5.41) is 2.72. The fourth-order valence-electron chi connectivity index (χ4n) is 3.45. The van der Waals surface area contributed by atoms with E-state index < -0.39 is 0 Å². The first-order valence-electron chi connectivity index (χ1n) is 8.83. The van der Waals surface area contributed by atoms with Crippen LogP contribution in [0.15, 0.2) is 93.8 Å². The Kier molecular flexibility index (Phi) is 4.34. The second-order valence-corrected chi connectivity index (χ2v) is 7.74. The van der Waals surface area contributed by atoms with Crippen LogP contribution >= 0.6 is 27.5 Å². The molecule has 0 unspecified atom stereocenters. The van der Waals surface area contributed by atoms with E-state index in [2.05, 4.69) is 34.1 Å². The number of ether oxygens (including phenoxy) is 1. The largest absolute Gasteiger partial charge is 0.456 e. The van der Waals surface area contributed by atoms with Gasteiger partial charge in [0.05, 0.1) is 4.47 Å². The molecule has 0 aliphatic rings. The molecule has 0 saturated heterocycles. The number of para-hydroxylation sites is 1. The Bertz CT molecular complexity index is 1310. The van der Waals surface area contributed by atoms with Crippen molar-refractivity contribution >= 4 is 49.5 Å². The smallest absolute Gasteiger partial charge is 0.143 e. The SMILES string of the molecule is Clc1ccc(Br)c(Oc2ccc3oc4ccccc4c3c2-c2ccccc2)c1. The third-order valence-electron chi connectivity index (χ3n) is 4.68. The summed E-state index contributed by atoms with van der Waals surface area (Å²) in [4.78, 5) is 0. The molecule has 0 fully saturated rings. The summed E-state index contributed by atoms with van der Waals surface area (Å²) >= 11 is 9.73. The molecule has 0 bridgehead atoms. The van der Waals surface area contributed by atoms with Crippen molar-refractivity contribution in [2.45, 2.75) is 0 Å². The van der Waals surface area contributed by atoms with Crippen LogP contribution in [0.3, 0.4) is 0 Å². The maximum Gasteiger partial charge on any atom is 0.143 e. The number of hydrogen-bond acceptors (Lipinski definition) is 2. The van der Waals surface area contributed by atoms with Gasteiger partial charge in [-0.15, -0.1) is 0 Å². The Balaban J connectivity index is 1.81. The molecule has 5 rings (SSSR count). The number of hydrogen-bond donors (Lipinski definition) is 0. The van der Waals surface area contributed by atoms with Gasteiger partial charge in [-0.05, 0) is 51.8 Å². The van der Waals surface area contributed by atoms with Gasteiger partial charge in [0.1, 0.15) is 22.7 Å². The van der Waals surface area contributed by atoms with E-state index in [1.165, 1.54) is 0 Å². The lowest BCUT2D eigenvalue weighted by molar-refractivity contribution is 0.482. The molecule has 4 heteroatoms. The highest BCUT2D eigenvalue weighted by molar-refractivity contribution is 9.10. The van der Waals surface area contributed by atoms with Crippen molar-refractivity contribution in [3.8, 4) is 22.6 Å². The Morgan fingerprint density at radius 1 is 0.750 bits per heavy atom. The molecule has 0 spiro atoms. The molecule has 4 aromatic carbocycles. The maximum absolute atomic E-state index is 6.33. The molecule has 1 aromatic heterocycles. The van der Waals surface area contributed by atoms with Gasteiger partial charge in [-0.2, -0.15) is 0 Å². The molecule has 5 aromatic rings. The van der Waals surface area contributed by atoms with E-state index >= 15 is 0 Å². The summed E-state index contributed by atoms with van der Waals surface area (Å²) in [7, 11) is 0. The summed E-state index contributed by atoms with van der Waals surface area (Å²) in [6, 6.07) is 27.7. The van der Waals surface area contributed by atoms with E-state index in [-0.39, 0.29) is 0 Å². The lowest BCUT2D eigenvalue weighted by Gasteiger charge is -2.14. The molecular formula is C24H14BrClO2. The number of rotatable bonds is 3. The van der Waals surface area contributed by atoms with Crippen LogP contribution in [-0.4, -0.2) is 0 Å². The monoisotopic (exact) mass is 448 g/mol. The van der Waals surface area contributed by atoms with Crippen molar-refractivity contribution in [3.05, 3.63) is 94.4 Å². The Morgan fingerprint density at radius 3 is 2.39 bits per heavy atom. The van der Waals surface area contributed by atoms with E-state index in [0.717, 1.165) is 43.3 Å². The van der Waals surface area contributed by atoms with Gasteiger partial charge < -0.3 is 9.15 Å². The van der Waals surface area contributed by atoms with Crippen LogP contribution in [-0.2, 0) is 0 Å². The van der Waals surface area contributed by atoms with Crippen LogP contribution in [0.5, 0.6) is 11.5 Å². The van der Waals surface area contributed by atoms with Gasteiger partial charge in [0, 0.05) is 27.4 Å². The minimum atomic E-state index is 0.620. The Hall–Kier alpha value is -2.75. The lowest BCUT2D eigenvalue weighted by atomic mass is 9.98. The number of furan rings is 1.